The Morgan fingerprint density at radius 3 is 1.75 bits per heavy atom. The van der Waals surface area contributed by atoms with Gasteiger partial charge >= 0.3 is 17.9 Å². The lowest BCUT2D eigenvalue weighted by atomic mass is 9.99. The molecule has 204 valence electrons. The fraction of sp³-hybridized carbons (Fsp3) is 0.609. The van der Waals surface area contributed by atoms with Crippen molar-refractivity contribution in [3.05, 3.63) is 29.8 Å². The van der Waals surface area contributed by atoms with E-state index in [0.29, 0.717) is 0 Å². The van der Waals surface area contributed by atoms with E-state index in [0.717, 1.165) is 5.56 Å². The predicted octanol–water partition coefficient (Wildman–Crippen LogP) is 0.751. The van der Waals surface area contributed by atoms with Crippen LogP contribution in [0.1, 0.15) is 24.8 Å². The summed E-state index contributed by atoms with van der Waals surface area (Å²) in [5.74, 6) is -1.57. The molecule has 1 N–H and O–H groups in total. The Balaban J connectivity index is 3.12. The van der Waals surface area contributed by atoms with Gasteiger partial charge in [-0.05, 0) is 25.5 Å². The molecule has 0 aliphatic carbocycles. The first kappa shape index (κ1) is 31.4. The molecular formula is C23H35NO11S. The molecule has 1 rings (SSSR count). The Bertz CT molecular complexity index is 872. The van der Waals surface area contributed by atoms with Crippen LogP contribution in [0.15, 0.2) is 29.2 Å². The number of hydrogen-bond donors (Lipinski definition) is 1. The molecule has 0 saturated heterocycles. The first-order valence-corrected chi connectivity index (χ1v) is 12.6. The van der Waals surface area contributed by atoms with Crippen molar-refractivity contribution in [1.82, 2.24) is 4.72 Å². The molecule has 1 aromatic carbocycles. The largest absolute Gasteiger partial charge is 0.469 e. The zero-order chi connectivity index (χ0) is 27.0. The number of nitrogens with one attached hydrogen (secondary N) is 1. The van der Waals surface area contributed by atoms with Crippen LogP contribution >= 0.6 is 0 Å². The third kappa shape index (κ3) is 11.9. The molecule has 13 heteroatoms. The lowest BCUT2D eigenvalue weighted by Crippen LogP contribution is -2.56. The number of hydrogen-bond acceptors (Lipinski definition) is 11. The number of sulfonamides is 1. The van der Waals surface area contributed by atoms with E-state index in [1.165, 1.54) is 33.5 Å². The maximum absolute atomic E-state index is 13.2. The van der Waals surface area contributed by atoms with Crippen LogP contribution < -0.4 is 4.72 Å². The van der Waals surface area contributed by atoms with Crippen LogP contribution in [0.4, 0.5) is 0 Å². The second-order valence-corrected chi connectivity index (χ2v) is 9.52. The molecule has 0 heterocycles. The number of benzene rings is 1. The van der Waals surface area contributed by atoms with E-state index in [4.69, 9.17) is 14.2 Å². The van der Waals surface area contributed by atoms with Crippen LogP contribution in [0, 0.1) is 6.92 Å². The van der Waals surface area contributed by atoms with E-state index in [1.807, 2.05) is 6.92 Å². The molecule has 0 radical (unpaired) electrons. The van der Waals surface area contributed by atoms with Gasteiger partial charge in [0.25, 0.3) is 0 Å². The highest BCUT2D eigenvalue weighted by molar-refractivity contribution is 7.89. The summed E-state index contributed by atoms with van der Waals surface area (Å²) >= 11 is 0. The molecule has 0 atom stereocenters. The van der Waals surface area contributed by atoms with E-state index in [9.17, 15) is 22.8 Å². The fourth-order valence-electron chi connectivity index (χ4n) is 2.89. The third-order valence-corrected chi connectivity index (χ3v) is 6.56. The number of esters is 3. The van der Waals surface area contributed by atoms with Gasteiger partial charge in [-0.25, -0.2) is 17.9 Å². The molecule has 1 aromatic rings. The van der Waals surface area contributed by atoms with Crippen molar-refractivity contribution in [2.24, 2.45) is 0 Å². The quantitative estimate of drug-likeness (QED) is 0.162. The Kier molecular flexibility index (Phi) is 14.2. The molecule has 0 spiro atoms. The highest BCUT2D eigenvalue weighted by Crippen LogP contribution is 2.20. The lowest BCUT2D eigenvalue weighted by molar-refractivity contribution is -0.146. The monoisotopic (exact) mass is 533 g/mol. The van der Waals surface area contributed by atoms with Gasteiger partial charge in [-0.1, -0.05) is 17.7 Å². The molecular weight excluding hydrogens is 498 g/mol. The van der Waals surface area contributed by atoms with Crippen LogP contribution in [0.3, 0.4) is 0 Å². The van der Waals surface area contributed by atoms with E-state index in [2.05, 4.69) is 18.9 Å². The van der Waals surface area contributed by atoms with E-state index in [1.54, 1.807) is 12.1 Å². The van der Waals surface area contributed by atoms with Gasteiger partial charge in [-0.15, -0.1) is 0 Å². The summed E-state index contributed by atoms with van der Waals surface area (Å²) in [7, 11) is -0.339. The van der Waals surface area contributed by atoms with Crippen LogP contribution in [0.2, 0.25) is 0 Å². The number of carbonyl (C=O) groups excluding carboxylic acids is 3. The fourth-order valence-corrected chi connectivity index (χ4v) is 4.29. The van der Waals surface area contributed by atoms with Gasteiger partial charge in [0.15, 0.2) is 0 Å². The summed E-state index contributed by atoms with van der Waals surface area (Å²) < 4.78 is 59.4. The smallest absolute Gasteiger partial charge is 0.331 e. The average molecular weight is 534 g/mol. The number of ether oxygens (including phenoxy) is 6. The molecule has 36 heavy (non-hydrogen) atoms. The van der Waals surface area contributed by atoms with Gasteiger partial charge in [0.05, 0.1) is 71.0 Å². The van der Waals surface area contributed by atoms with Crippen LogP contribution in [-0.2, 0) is 52.8 Å². The van der Waals surface area contributed by atoms with Crippen molar-refractivity contribution < 1.29 is 51.2 Å². The maximum Gasteiger partial charge on any atom is 0.331 e. The molecule has 0 bridgehead atoms. The van der Waals surface area contributed by atoms with Crippen molar-refractivity contribution in [2.75, 3.05) is 61.0 Å². The zero-order valence-electron chi connectivity index (χ0n) is 21.1. The summed E-state index contributed by atoms with van der Waals surface area (Å²) in [5, 5.41) is 0. The summed E-state index contributed by atoms with van der Waals surface area (Å²) in [6.07, 6.45) is -0.0514. The first-order valence-electron chi connectivity index (χ1n) is 11.1. The summed E-state index contributed by atoms with van der Waals surface area (Å²) in [5.41, 5.74) is -0.486. The van der Waals surface area contributed by atoms with Crippen molar-refractivity contribution in [2.45, 2.75) is 36.6 Å². The molecule has 0 aliphatic heterocycles. The Morgan fingerprint density at radius 2 is 1.28 bits per heavy atom. The number of aryl methyl sites for hydroxylation is 1. The third-order valence-electron chi connectivity index (χ3n) is 4.97. The number of methoxy groups -OCH3 is 3. The SMILES string of the molecule is COC(=O)CCOCC(CCOCC(=O)OC)(COCCC(=O)OC)NS(=O)(=O)c1ccc(C)cc1. The molecule has 0 amide bonds. The van der Waals surface area contributed by atoms with E-state index >= 15 is 0 Å². The second kappa shape index (κ2) is 16.2. The molecule has 0 fully saturated rings. The normalized spacial score (nSPS) is 11.7. The molecule has 12 nitrogen and oxygen atoms in total. The Labute approximate surface area is 211 Å². The van der Waals surface area contributed by atoms with Crippen LogP contribution in [0.25, 0.3) is 0 Å². The van der Waals surface area contributed by atoms with Crippen molar-refractivity contribution in [3.8, 4) is 0 Å². The van der Waals surface area contributed by atoms with Gasteiger partial charge in [-0.3, -0.25) is 9.59 Å². The molecule has 0 aliphatic rings. The summed E-state index contributed by atoms with van der Waals surface area (Å²) in [4.78, 5) is 34.3. The van der Waals surface area contributed by atoms with Crippen molar-refractivity contribution in [1.29, 1.82) is 0 Å². The summed E-state index contributed by atoms with van der Waals surface area (Å²) in [6.45, 7) is 0.981. The highest BCUT2D eigenvalue weighted by Gasteiger charge is 2.36. The molecule has 0 saturated carbocycles. The standard InChI is InChI=1S/C23H35NO11S/c1-18-5-7-19(8-6-18)36(28,29)24-23(11-14-33-15-22(27)32-4,16-34-12-9-20(25)30-2)17-35-13-10-21(26)31-3/h5-8,24H,9-17H2,1-4H3. The van der Waals surface area contributed by atoms with Crippen molar-refractivity contribution >= 4 is 27.9 Å². The molecule has 0 aromatic heterocycles. The minimum atomic E-state index is -4.05. The van der Waals surface area contributed by atoms with Gasteiger partial charge in [-0.2, -0.15) is 0 Å². The maximum atomic E-state index is 13.2. The average Bonchev–Trinajstić information content (AvgIpc) is 2.86. The van der Waals surface area contributed by atoms with Crippen LogP contribution in [0.5, 0.6) is 0 Å². The predicted molar refractivity (Wildman–Crippen MR) is 127 cm³/mol. The van der Waals surface area contributed by atoms with Crippen LogP contribution in [-0.4, -0.2) is 92.8 Å². The highest BCUT2D eigenvalue weighted by atomic mass is 32.2. The first-order chi connectivity index (χ1) is 17.1. The van der Waals surface area contributed by atoms with E-state index in [-0.39, 0.29) is 63.8 Å². The topological polar surface area (TPSA) is 153 Å². The van der Waals surface area contributed by atoms with Gasteiger partial charge in [0, 0.05) is 6.61 Å². The zero-order valence-corrected chi connectivity index (χ0v) is 21.9. The summed E-state index contributed by atoms with van der Waals surface area (Å²) in [6, 6.07) is 6.25. The van der Waals surface area contributed by atoms with Gasteiger partial charge in [0.1, 0.15) is 6.61 Å². The number of carbonyl (C=O) groups is 3. The van der Waals surface area contributed by atoms with Crippen molar-refractivity contribution in [3.63, 3.8) is 0 Å². The van der Waals surface area contributed by atoms with Gasteiger partial charge in [0.2, 0.25) is 10.0 Å². The lowest BCUT2D eigenvalue weighted by Gasteiger charge is -2.34. The Morgan fingerprint density at radius 1 is 0.778 bits per heavy atom. The minimum Gasteiger partial charge on any atom is -0.469 e. The number of rotatable bonds is 18. The molecule has 0 unspecified atom stereocenters. The second-order valence-electron chi connectivity index (χ2n) is 7.84. The Hall–Kier alpha value is -2.58. The van der Waals surface area contributed by atoms with Gasteiger partial charge < -0.3 is 28.4 Å². The van der Waals surface area contributed by atoms with E-state index < -0.39 is 33.5 Å². The minimum absolute atomic E-state index is 0.0251.